The number of methoxy groups -OCH3 is 1. The van der Waals surface area contributed by atoms with Crippen molar-refractivity contribution in [2.24, 2.45) is 5.41 Å². The van der Waals surface area contributed by atoms with Crippen molar-refractivity contribution in [3.05, 3.63) is 18.0 Å². The summed E-state index contributed by atoms with van der Waals surface area (Å²) in [6.07, 6.45) is 3.28. The van der Waals surface area contributed by atoms with Crippen LogP contribution in [0.25, 0.3) is 0 Å². The number of carbonyl (C=O) groups is 1. The molecule has 5 nitrogen and oxygen atoms in total. The maximum atomic E-state index is 11.5. The number of anilines is 1. The Balaban J connectivity index is 2.68. The highest BCUT2D eigenvalue weighted by atomic mass is 16.5. The smallest absolute Gasteiger partial charge is 0.354 e. The molecule has 0 saturated heterocycles. The van der Waals surface area contributed by atoms with Crippen LogP contribution < -0.4 is 5.73 Å². The molecule has 1 aromatic heterocycles. The Morgan fingerprint density at radius 2 is 2.28 bits per heavy atom. The molecule has 0 aromatic carbocycles. The van der Waals surface area contributed by atoms with E-state index in [4.69, 9.17) is 15.7 Å². The molecule has 1 aromatic rings. The number of esters is 1. The molecule has 0 bridgehead atoms. The van der Waals surface area contributed by atoms with Crippen molar-refractivity contribution in [3.8, 4) is 6.07 Å². The van der Waals surface area contributed by atoms with Crippen LogP contribution in [0.5, 0.6) is 0 Å². The molecular weight excluding hydrogens is 230 g/mol. The van der Waals surface area contributed by atoms with Gasteiger partial charge in [0.25, 0.3) is 0 Å². The first kappa shape index (κ1) is 14.1. The van der Waals surface area contributed by atoms with E-state index in [0.717, 1.165) is 12.8 Å². The van der Waals surface area contributed by atoms with Gasteiger partial charge in [0.1, 0.15) is 5.69 Å². The van der Waals surface area contributed by atoms with Gasteiger partial charge in [-0.05, 0) is 32.8 Å². The fraction of sp³-hybridized carbons (Fsp3) is 0.538. The summed E-state index contributed by atoms with van der Waals surface area (Å²) in [5.74, 6) is -0.397. The Morgan fingerprint density at radius 1 is 1.61 bits per heavy atom. The van der Waals surface area contributed by atoms with Crippen LogP contribution in [0.1, 0.15) is 37.2 Å². The van der Waals surface area contributed by atoms with Crippen LogP contribution in [0, 0.1) is 16.7 Å². The highest BCUT2D eigenvalue weighted by Crippen LogP contribution is 2.22. The lowest BCUT2D eigenvalue weighted by atomic mass is 9.90. The molecule has 0 radical (unpaired) electrons. The third kappa shape index (κ3) is 3.52. The molecule has 1 heterocycles. The van der Waals surface area contributed by atoms with Crippen molar-refractivity contribution in [2.45, 2.75) is 33.2 Å². The monoisotopic (exact) mass is 249 g/mol. The van der Waals surface area contributed by atoms with Gasteiger partial charge in [0, 0.05) is 12.7 Å². The first-order valence-corrected chi connectivity index (χ1v) is 5.85. The highest BCUT2D eigenvalue weighted by molar-refractivity contribution is 5.88. The zero-order valence-corrected chi connectivity index (χ0v) is 11.1. The number of nitrogens with two attached hydrogens (primary N) is 1. The predicted octanol–water partition coefficient (Wildman–Crippen LogP) is 2.19. The average molecular weight is 249 g/mol. The standard InChI is InChI=1S/C13H19N3O2/c1-13(2,9-14)5-4-6-16-8-10(15)7-11(16)12(17)18-3/h7-8H,4-6,15H2,1-3H3. The third-order valence-corrected chi connectivity index (χ3v) is 2.82. The van der Waals surface area contributed by atoms with E-state index in [2.05, 4.69) is 6.07 Å². The summed E-state index contributed by atoms with van der Waals surface area (Å²) < 4.78 is 6.46. The lowest BCUT2D eigenvalue weighted by Crippen LogP contribution is -2.13. The predicted molar refractivity (Wildman–Crippen MR) is 68.8 cm³/mol. The minimum atomic E-state index is -0.397. The molecule has 0 amide bonds. The Bertz CT molecular complexity index is 469. The van der Waals surface area contributed by atoms with Gasteiger partial charge >= 0.3 is 5.97 Å². The second kappa shape index (κ2) is 5.58. The Kier molecular flexibility index (Phi) is 4.38. The molecule has 0 aliphatic carbocycles. The number of nitrogen functional groups attached to an aromatic ring is 1. The van der Waals surface area contributed by atoms with E-state index in [0.29, 0.717) is 17.9 Å². The molecule has 98 valence electrons. The van der Waals surface area contributed by atoms with Crippen LogP contribution >= 0.6 is 0 Å². The molecule has 0 saturated carbocycles. The summed E-state index contributed by atoms with van der Waals surface area (Å²) in [5.41, 5.74) is 6.32. The van der Waals surface area contributed by atoms with Gasteiger partial charge in [-0.25, -0.2) is 4.79 Å². The van der Waals surface area contributed by atoms with Crippen molar-refractivity contribution in [3.63, 3.8) is 0 Å². The minimum Gasteiger partial charge on any atom is -0.464 e. The number of nitriles is 1. The second-order valence-electron chi connectivity index (χ2n) is 4.94. The number of ether oxygens (including phenoxy) is 1. The van der Waals surface area contributed by atoms with Crippen molar-refractivity contribution < 1.29 is 9.53 Å². The summed E-state index contributed by atoms with van der Waals surface area (Å²) in [5, 5.41) is 8.93. The first-order valence-electron chi connectivity index (χ1n) is 5.85. The minimum absolute atomic E-state index is 0.343. The Labute approximate surface area is 107 Å². The summed E-state index contributed by atoms with van der Waals surface area (Å²) >= 11 is 0. The largest absolute Gasteiger partial charge is 0.464 e. The zero-order chi connectivity index (χ0) is 13.8. The van der Waals surface area contributed by atoms with Crippen LogP contribution in [0.2, 0.25) is 0 Å². The van der Waals surface area contributed by atoms with Crippen molar-refractivity contribution >= 4 is 11.7 Å². The van der Waals surface area contributed by atoms with Gasteiger partial charge in [-0.1, -0.05) is 0 Å². The van der Waals surface area contributed by atoms with Crippen LogP contribution in [0.15, 0.2) is 12.3 Å². The number of nitrogens with zero attached hydrogens (tertiary/aromatic N) is 2. The number of hydrogen-bond donors (Lipinski definition) is 1. The molecule has 1 rings (SSSR count). The van der Waals surface area contributed by atoms with Gasteiger partial charge in [0.15, 0.2) is 0 Å². The molecule has 0 spiro atoms. The zero-order valence-electron chi connectivity index (χ0n) is 11.1. The molecule has 0 aliphatic rings. The van der Waals surface area contributed by atoms with Gasteiger partial charge in [-0.3, -0.25) is 0 Å². The molecule has 2 N–H and O–H groups in total. The molecular formula is C13H19N3O2. The van der Waals surface area contributed by atoms with E-state index in [1.807, 2.05) is 13.8 Å². The lowest BCUT2D eigenvalue weighted by molar-refractivity contribution is 0.0588. The number of aromatic nitrogens is 1. The van der Waals surface area contributed by atoms with Crippen molar-refractivity contribution in [1.82, 2.24) is 4.57 Å². The van der Waals surface area contributed by atoms with Gasteiger partial charge < -0.3 is 15.0 Å². The van der Waals surface area contributed by atoms with Gasteiger partial charge in [-0.2, -0.15) is 5.26 Å². The maximum absolute atomic E-state index is 11.5. The number of rotatable bonds is 5. The summed E-state index contributed by atoms with van der Waals surface area (Å²) in [6, 6.07) is 3.85. The third-order valence-electron chi connectivity index (χ3n) is 2.82. The van der Waals surface area contributed by atoms with E-state index in [9.17, 15) is 4.79 Å². The first-order chi connectivity index (χ1) is 8.39. The van der Waals surface area contributed by atoms with Crippen LogP contribution in [0.3, 0.4) is 0 Å². The number of carbonyl (C=O) groups excluding carboxylic acids is 1. The molecule has 0 atom stereocenters. The summed E-state index contributed by atoms with van der Waals surface area (Å²) in [4.78, 5) is 11.5. The van der Waals surface area contributed by atoms with Gasteiger partial charge in [0.05, 0.1) is 24.3 Å². The normalized spacial score (nSPS) is 11.0. The Hall–Kier alpha value is -1.96. The lowest BCUT2D eigenvalue weighted by Gasteiger charge is -2.15. The summed E-state index contributed by atoms with van der Waals surface area (Å²) in [6.45, 7) is 4.45. The fourth-order valence-electron chi connectivity index (χ4n) is 1.74. The van der Waals surface area contributed by atoms with Crippen molar-refractivity contribution in [2.75, 3.05) is 12.8 Å². The Morgan fingerprint density at radius 3 is 2.83 bits per heavy atom. The van der Waals surface area contributed by atoms with Gasteiger partial charge in [-0.15, -0.1) is 0 Å². The van der Waals surface area contributed by atoms with Gasteiger partial charge in [0.2, 0.25) is 0 Å². The van der Waals surface area contributed by atoms with Crippen LogP contribution in [-0.4, -0.2) is 17.6 Å². The molecule has 18 heavy (non-hydrogen) atoms. The van der Waals surface area contributed by atoms with Crippen molar-refractivity contribution in [1.29, 1.82) is 5.26 Å². The van der Waals surface area contributed by atoms with Crippen LogP contribution in [-0.2, 0) is 11.3 Å². The molecule has 5 heteroatoms. The topological polar surface area (TPSA) is 81.0 Å². The number of hydrogen-bond acceptors (Lipinski definition) is 4. The summed E-state index contributed by atoms with van der Waals surface area (Å²) in [7, 11) is 1.34. The van der Waals surface area contributed by atoms with E-state index in [1.165, 1.54) is 7.11 Å². The quantitative estimate of drug-likeness (QED) is 0.811. The highest BCUT2D eigenvalue weighted by Gasteiger charge is 2.17. The van der Waals surface area contributed by atoms with Crippen LogP contribution in [0.4, 0.5) is 5.69 Å². The van der Waals surface area contributed by atoms with E-state index in [-0.39, 0.29) is 5.41 Å². The SMILES string of the molecule is COC(=O)c1cc(N)cn1CCCC(C)(C)C#N. The number of aryl methyl sites for hydroxylation is 1. The fourth-order valence-corrected chi connectivity index (χ4v) is 1.74. The molecule has 0 fully saturated rings. The average Bonchev–Trinajstić information content (AvgIpc) is 2.69. The molecule has 0 unspecified atom stereocenters. The second-order valence-corrected chi connectivity index (χ2v) is 4.94. The molecule has 0 aliphatic heterocycles. The maximum Gasteiger partial charge on any atom is 0.354 e. The van der Waals surface area contributed by atoms with E-state index >= 15 is 0 Å². The van der Waals surface area contributed by atoms with E-state index in [1.54, 1.807) is 16.8 Å². The van der Waals surface area contributed by atoms with E-state index < -0.39 is 5.97 Å².